The van der Waals surface area contributed by atoms with E-state index < -0.39 is 0 Å². The second-order valence-electron chi connectivity index (χ2n) is 5.89. The minimum absolute atomic E-state index is 0.360. The van der Waals surface area contributed by atoms with Crippen molar-refractivity contribution in [3.05, 3.63) is 42.0 Å². The summed E-state index contributed by atoms with van der Waals surface area (Å²) < 4.78 is 5.27. The van der Waals surface area contributed by atoms with Crippen LogP contribution < -0.4 is 10.1 Å². The third-order valence-corrected chi connectivity index (χ3v) is 4.08. The lowest BCUT2D eigenvalue weighted by atomic mass is 10.00. The molecule has 0 fully saturated rings. The molecule has 0 radical (unpaired) electrons. The van der Waals surface area contributed by atoms with Crippen LogP contribution in [0.5, 0.6) is 5.75 Å². The highest BCUT2D eigenvalue weighted by Crippen LogP contribution is 2.24. The van der Waals surface area contributed by atoms with Gasteiger partial charge in [-0.25, -0.2) is 0 Å². The molecule has 2 unspecified atom stereocenters. The summed E-state index contributed by atoms with van der Waals surface area (Å²) >= 11 is 0. The molecule has 2 atom stereocenters. The van der Waals surface area contributed by atoms with E-state index in [0.717, 1.165) is 5.75 Å². The fourth-order valence-corrected chi connectivity index (χ4v) is 2.32. The van der Waals surface area contributed by atoms with Crippen LogP contribution in [0.1, 0.15) is 39.3 Å². The molecule has 0 saturated carbocycles. The standard InChI is InChI=1S/C18H25NO/c1-12(2)13(3)19-14(4)15-6-7-17-11-18(20-5)9-8-16(17)10-15/h6-14,19H,1-5H3. The highest BCUT2D eigenvalue weighted by molar-refractivity contribution is 5.84. The Labute approximate surface area is 122 Å². The van der Waals surface area contributed by atoms with Crippen molar-refractivity contribution >= 4 is 10.8 Å². The highest BCUT2D eigenvalue weighted by atomic mass is 16.5. The van der Waals surface area contributed by atoms with E-state index >= 15 is 0 Å². The predicted octanol–water partition coefficient (Wildman–Crippen LogP) is 4.54. The molecule has 0 spiro atoms. The minimum atomic E-state index is 0.360. The molecule has 0 heterocycles. The van der Waals surface area contributed by atoms with Crippen LogP contribution in [0.4, 0.5) is 0 Å². The summed E-state index contributed by atoms with van der Waals surface area (Å²) in [6.07, 6.45) is 0. The molecule has 2 rings (SSSR count). The third-order valence-electron chi connectivity index (χ3n) is 4.08. The number of methoxy groups -OCH3 is 1. The molecule has 0 aromatic heterocycles. The molecule has 2 aromatic carbocycles. The van der Waals surface area contributed by atoms with Crippen molar-refractivity contribution < 1.29 is 4.74 Å². The number of ether oxygens (including phenoxy) is 1. The Balaban J connectivity index is 2.23. The number of fused-ring (bicyclic) bond motifs is 1. The molecule has 2 heteroatoms. The zero-order valence-corrected chi connectivity index (χ0v) is 13.1. The summed E-state index contributed by atoms with van der Waals surface area (Å²) in [5.74, 6) is 1.55. The van der Waals surface area contributed by atoms with E-state index in [1.165, 1.54) is 16.3 Å². The zero-order valence-electron chi connectivity index (χ0n) is 13.1. The molecule has 0 aliphatic heterocycles. The maximum atomic E-state index is 5.27. The van der Waals surface area contributed by atoms with E-state index in [0.29, 0.717) is 18.0 Å². The van der Waals surface area contributed by atoms with Crippen molar-refractivity contribution in [1.29, 1.82) is 0 Å². The van der Waals surface area contributed by atoms with Crippen LogP contribution in [-0.2, 0) is 0 Å². The second-order valence-corrected chi connectivity index (χ2v) is 5.89. The first-order valence-electron chi connectivity index (χ1n) is 7.35. The SMILES string of the molecule is COc1ccc2cc(C(C)NC(C)C(C)C)ccc2c1. The van der Waals surface area contributed by atoms with Crippen LogP contribution in [-0.4, -0.2) is 13.2 Å². The van der Waals surface area contributed by atoms with E-state index in [1.807, 2.05) is 6.07 Å². The maximum absolute atomic E-state index is 5.27. The van der Waals surface area contributed by atoms with Gasteiger partial charge in [-0.1, -0.05) is 32.0 Å². The van der Waals surface area contributed by atoms with Gasteiger partial charge in [-0.15, -0.1) is 0 Å². The minimum Gasteiger partial charge on any atom is -0.497 e. The van der Waals surface area contributed by atoms with E-state index in [4.69, 9.17) is 4.74 Å². The number of hydrogen-bond acceptors (Lipinski definition) is 2. The number of rotatable bonds is 5. The van der Waals surface area contributed by atoms with Crippen molar-refractivity contribution in [2.45, 2.75) is 39.8 Å². The summed E-state index contributed by atoms with van der Waals surface area (Å²) in [5, 5.41) is 6.14. The molecule has 2 aromatic rings. The first-order chi connectivity index (χ1) is 9.51. The molecule has 0 saturated heterocycles. The second kappa shape index (κ2) is 6.27. The van der Waals surface area contributed by atoms with Gasteiger partial charge in [0.15, 0.2) is 0 Å². The summed E-state index contributed by atoms with van der Waals surface area (Å²) in [7, 11) is 1.70. The van der Waals surface area contributed by atoms with Gasteiger partial charge in [-0.2, -0.15) is 0 Å². The summed E-state index contributed by atoms with van der Waals surface area (Å²) in [4.78, 5) is 0. The summed E-state index contributed by atoms with van der Waals surface area (Å²) in [5.41, 5.74) is 1.33. The molecule has 1 N–H and O–H groups in total. The maximum Gasteiger partial charge on any atom is 0.119 e. The van der Waals surface area contributed by atoms with Gasteiger partial charge >= 0.3 is 0 Å². The molecule has 0 amide bonds. The van der Waals surface area contributed by atoms with Gasteiger partial charge in [-0.3, -0.25) is 0 Å². The van der Waals surface area contributed by atoms with Crippen LogP contribution in [0.2, 0.25) is 0 Å². The van der Waals surface area contributed by atoms with Gasteiger partial charge in [0.2, 0.25) is 0 Å². The zero-order chi connectivity index (χ0) is 14.7. The normalized spacial score (nSPS) is 14.5. The van der Waals surface area contributed by atoms with Crippen molar-refractivity contribution in [2.24, 2.45) is 5.92 Å². The van der Waals surface area contributed by atoms with Gasteiger partial charge in [0.05, 0.1) is 7.11 Å². The average Bonchev–Trinajstić information content (AvgIpc) is 2.45. The van der Waals surface area contributed by atoms with Gasteiger partial charge < -0.3 is 10.1 Å². The first kappa shape index (κ1) is 14.9. The van der Waals surface area contributed by atoms with Crippen LogP contribution in [0.25, 0.3) is 10.8 Å². The lowest BCUT2D eigenvalue weighted by Crippen LogP contribution is -2.32. The Morgan fingerprint density at radius 1 is 0.900 bits per heavy atom. The van der Waals surface area contributed by atoms with E-state index in [1.54, 1.807) is 7.11 Å². The van der Waals surface area contributed by atoms with Crippen LogP contribution in [0.15, 0.2) is 36.4 Å². The monoisotopic (exact) mass is 271 g/mol. The Morgan fingerprint density at radius 3 is 2.20 bits per heavy atom. The molecular formula is C18H25NO. The van der Waals surface area contributed by atoms with Crippen molar-refractivity contribution in [2.75, 3.05) is 7.11 Å². The Kier molecular flexibility index (Phi) is 4.66. The summed E-state index contributed by atoms with van der Waals surface area (Å²) in [6, 6.07) is 13.7. The van der Waals surface area contributed by atoms with Crippen molar-refractivity contribution in [1.82, 2.24) is 5.32 Å². The number of benzene rings is 2. The predicted molar refractivity (Wildman–Crippen MR) is 86.4 cm³/mol. The van der Waals surface area contributed by atoms with E-state index in [2.05, 4.69) is 63.3 Å². The lowest BCUT2D eigenvalue weighted by molar-refractivity contribution is 0.389. The lowest BCUT2D eigenvalue weighted by Gasteiger charge is -2.23. The highest BCUT2D eigenvalue weighted by Gasteiger charge is 2.12. The number of hydrogen-bond donors (Lipinski definition) is 1. The van der Waals surface area contributed by atoms with Gasteiger partial charge in [0.1, 0.15) is 5.75 Å². The van der Waals surface area contributed by atoms with Crippen molar-refractivity contribution in [3.63, 3.8) is 0 Å². The molecule has 20 heavy (non-hydrogen) atoms. The Bertz CT molecular complexity index is 577. The smallest absolute Gasteiger partial charge is 0.119 e. The van der Waals surface area contributed by atoms with Crippen molar-refractivity contribution in [3.8, 4) is 5.75 Å². The topological polar surface area (TPSA) is 21.3 Å². The fourth-order valence-electron chi connectivity index (χ4n) is 2.32. The Hall–Kier alpha value is -1.54. The first-order valence-corrected chi connectivity index (χ1v) is 7.35. The molecule has 108 valence electrons. The van der Waals surface area contributed by atoms with Crippen LogP contribution in [0, 0.1) is 5.92 Å². The quantitative estimate of drug-likeness (QED) is 0.861. The van der Waals surface area contributed by atoms with Gasteiger partial charge in [0, 0.05) is 12.1 Å². The van der Waals surface area contributed by atoms with Gasteiger partial charge in [-0.05, 0) is 54.3 Å². The summed E-state index contributed by atoms with van der Waals surface area (Å²) in [6.45, 7) is 8.96. The van der Waals surface area contributed by atoms with E-state index in [9.17, 15) is 0 Å². The van der Waals surface area contributed by atoms with Gasteiger partial charge in [0.25, 0.3) is 0 Å². The number of nitrogens with one attached hydrogen (secondary N) is 1. The average molecular weight is 271 g/mol. The fraction of sp³-hybridized carbons (Fsp3) is 0.444. The molecule has 2 nitrogen and oxygen atoms in total. The molecular weight excluding hydrogens is 246 g/mol. The van der Waals surface area contributed by atoms with E-state index in [-0.39, 0.29) is 0 Å². The molecule has 0 aliphatic carbocycles. The molecule has 0 aliphatic rings. The molecule has 0 bridgehead atoms. The Morgan fingerprint density at radius 2 is 1.55 bits per heavy atom. The van der Waals surface area contributed by atoms with Crippen LogP contribution >= 0.6 is 0 Å². The van der Waals surface area contributed by atoms with Crippen LogP contribution in [0.3, 0.4) is 0 Å². The third kappa shape index (κ3) is 3.31. The largest absolute Gasteiger partial charge is 0.497 e.